The largest absolute Gasteiger partial charge is 0.339 e. The van der Waals surface area contributed by atoms with Crippen LogP contribution in [0.2, 0.25) is 0 Å². The molecule has 16 heavy (non-hydrogen) atoms. The Morgan fingerprint density at radius 3 is 2.44 bits per heavy atom. The lowest BCUT2D eigenvalue weighted by Crippen LogP contribution is -2.44. The van der Waals surface area contributed by atoms with Gasteiger partial charge >= 0.3 is 0 Å². The van der Waals surface area contributed by atoms with E-state index in [9.17, 15) is 4.79 Å². The molecule has 3 nitrogen and oxygen atoms in total. The molecule has 0 spiro atoms. The van der Waals surface area contributed by atoms with Crippen LogP contribution >= 0.6 is 12.4 Å². The summed E-state index contributed by atoms with van der Waals surface area (Å²) in [5, 5.41) is 3.32. The number of carbonyl (C=O) groups excluding carboxylic acids is 1. The smallest absolute Gasteiger partial charge is 0.226 e. The number of rotatable bonds is 1. The van der Waals surface area contributed by atoms with Gasteiger partial charge < -0.3 is 10.2 Å². The van der Waals surface area contributed by atoms with Crippen LogP contribution in [-0.4, -0.2) is 36.5 Å². The fraction of sp³-hybridized carbons (Fsp3) is 0.917. The van der Waals surface area contributed by atoms with Gasteiger partial charge in [0.1, 0.15) is 0 Å². The molecule has 3 rings (SSSR count). The summed E-state index contributed by atoms with van der Waals surface area (Å²) < 4.78 is 0. The Labute approximate surface area is 103 Å². The van der Waals surface area contributed by atoms with Crippen LogP contribution in [0.1, 0.15) is 32.1 Å². The average molecular weight is 245 g/mol. The summed E-state index contributed by atoms with van der Waals surface area (Å²) in [6.45, 7) is 3.12. The number of hydrogen-bond acceptors (Lipinski definition) is 2. The predicted molar refractivity (Wildman–Crippen MR) is 65.7 cm³/mol. The van der Waals surface area contributed by atoms with E-state index in [1.807, 2.05) is 0 Å². The Bertz CT molecular complexity index is 266. The maximum absolute atomic E-state index is 12.3. The molecule has 1 saturated carbocycles. The van der Waals surface area contributed by atoms with Crippen LogP contribution in [0.4, 0.5) is 0 Å². The maximum atomic E-state index is 12.3. The van der Waals surface area contributed by atoms with Crippen molar-refractivity contribution in [3.8, 4) is 0 Å². The molecule has 4 heteroatoms. The second-order valence-corrected chi connectivity index (χ2v) is 5.35. The third-order valence-electron chi connectivity index (χ3n) is 4.38. The van der Waals surface area contributed by atoms with E-state index in [-0.39, 0.29) is 12.4 Å². The van der Waals surface area contributed by atoms with E-state index in [0.717, 1.165) is 38.4 Å². The monoisotopic (exact) mass is 244 g/mol. The minimum absolute atomic E-state index is 0. The Kier molecular flexibility index (Phi) is 3.75. The van der Waals surface area contributed by atoms with Gasteiger partial charge in [-0.2, -0.15) is 0 Å². The van der Waals surface area contributed by atoms with Crippen molar-refractivity contribution >= 4 is 18.3 Å². The maximum Gasteiger partial charge on any atom is 0.226 e. The molecule has 1 N–H and O–H groups in total. The lowest BCUT2D eigenvalue weighted by molar-refractivity contribution is -0.138. The van der Waals surface area contributed by atoms with Crippen molar-refractivity contribution in [2.75, 3.05) is 19.6 Å². The first-order chi connectivity index (χ1) is 7.34. The first-order valence-corrected chi connectivity index (χ1v) is 6.36. The van der Waals surface area contributed by atoms with E-state index in [0.29, 0.717) is 17.9 Å². The number of amides is 1. The molecule has 1 amide bonds. The summed E-state index contributed by atoms with van der Waals surface area (Å²) in [5.41, 5.74) is 0. The van der Waals surface area contributed by atoms with Gasteiger partial charge in [0, 0.05) is 18.5 Å². The van der Waals surface area contributed by atoms with Gasteiger partial charge in [0.15, 0.2) is 0 Å². The molecule has 0 aromatic carbocycles. The first-order valence-electron chi connectivity index (χ1n) is 6.36. The van der Waals surface area contributed by atoms with E-state index < -0.39 is 0 Å². The standard InChI is InChI=1S/C12H20N2O.ClH/c15-12(10-3-5-13-6-4-10)14-8-9-1-2-11(14)7-9;/h9-11,13H,1-8H2;1H. The van der Waals surface area contributed by atoms with Crippen LogP contribution < -0.4 is 5.32 Å². The first kappa shape index (κ1) is 12.2. The summed E-state index contributed by atoms with van der Waals surface area (Å²) in [6.07, 6.45) is 6.01. The molecule has 2 heterocycles. The van der Waals surface area contributed by atoms with E-state index >= 15 is 0 Å². The average Bonchev–Trinajstić information content (AvgIpc) is 2.91. The fourth-order valence-corrected chi connectivity index (χ4v) is 3.50. The number of nitrogens with one attached hydrogen (secondary N) is 1. The molecule has 2 saturated heterocycles. The van der Waals surface area contributed by atoms with E-state index in [1.165, 1.54) is 19.3 Å². The molecular weight excluding hydrogens is 224 g/mol. The van der Waals surface area contributed by atoms with Crippen LogP contribution in [-0.2, 0) is 4.79 Å². The summed E-state index contributed by atoms with van der Waals surface area (Å²) in [4.78, 5) is 14.5. The normalized spacial score (nSPS) is 33.9. The Hall–Kier alpha value is -0.280. The van der Waals surface area contributed by atoms with Crippen molar-refractivity contribution in [1.29, 1.82) is 0 Å². The summed E-state index contributed by atoms with van der Waals surface area (Å²) in [7, 11) is 0. The highest BCUT2D eigenvalue weighted by Gasteiger charge is 2.41. The summed E-state index contributed by atoms with van der Waals surface area (Å²) in [6, 6.07) is 0.609. The highest BCUT2D eigenvalue weighted by atomic mass is 35.5. The topological polar surface area (TPSA) is 32.3 Å². The number of likely N-dealkylation sites (tertiary alicyclic amines) is 1. The molecule has 0 aromatic heterocycles. The highest BCUT2D eigenvalue weighted by Crippen LogP contribution is 2.38. The van der Waals surface area contributed by atoms with Gasteiger partial charge in [0.25, 0.3) is 0 Å². The molecule has 92 valence electrons. The quantitative estimate of drug-likeness (QED) is 0.757. The third kappa shape index (κ3) is 2.07. The number of halogens is 1. The molecule has 2 unspecified atom stereocenters. The van der Waals surface area contributed by atoms with Crippen LogP contribution in [0.15, 0.2) is 0 Å². The lowest BCUT2D eigenvalue weighted by Gasteiger charge is -2.32. The number of piperidine rings is 2. The Morgan fingerprint density at radius 1 is 1.12 bits per heavy atom. The van der Waals surface area contributed by atoms with Gasteiger partial charge in [-0.15, -0.1) is 12.4 Å². The Morgan fingerprint density at radius 2 is 1.88 bits per heavy atom. The van der Waals surface area contributed by atoms with Crippen molar-refractivity contribution in [2.45, 2.75) is 38.1 Å². The zero-order chi connectivity index (χ0) is 10.3. The fourth-order valence-electron chi connectivity index (χ4n) is 3.50. The second-order valence-electron chi connectivity index (χ2n) is 5.35. The highest BCUT2D eigenvalue weighted by molar-refractivity contribution is 5.85. The summed E-state index contributed by atoms with van der Waals surface area (Å²) >= 11 is 0. The van der Waals surface area contributed by atoms with Gasteiger partial charge in [-0.05, 0) is 51.1 Å². The van der Waals surface area contributed by atoms with E-state index in [4.69, 9.17) is 0 Å². The molecule has 3 aliphatic rings. The molecule has 2 bridgehead atoms. The third-order valence-corrected chi connectivity index (χ3v) is 4.38. The van der Waals surface area contributed by atoms with Crippen LogP contribution in [0.25, 0.3) is 0 Å². The minimum atomic E-state index is 0. The molecule has 2 aliphatic heterocycles. The molecule has 0 radical (unpaired) electrons. The van der Waals surface area contributed by atoms with Crippen molar-refractivity contribution in [1.82, 2.24) is 10.2 Å². The van der Waals surface area contributed by atoms with Gasteiger partial charge in [-0.25, -0.2) is 0 Å². The zero-order valence-electron chi connectivity index (χ0n) is 9.65. The van der Waals surface area contributed by atoms with Crippen molar-refractivity contribution in [2.24, 2.45) is 11.8 Å². The van der Waals surface area contributed by atoms with Gasteiger partial charge in [-0.3, -0.25) is 4.79 Å². The SMILES string of the molecule is Cl.O=C(C1CCNCC1)N1CC2CCC1C2. The zero-order valence-corrected chi connectivity index (χ0v) is 10.5. The lowest BCUT2D eigenvalue weighted by atomic mass is 9.95. The van der Waals surface area contributed by atoms with Crippen LogP contribution in [0, 0.1) is 11.8 Å². The Balaban J connectivity index is 0.000000963. The van der Waals surface area contributed by atoms with Crippen LogP contribution in [0.5, 0.6) is 0 Å². The van der Waals surface area contributed by atoms with E-state index in [2.05, 4.69) is 10.2 Å². The molecule has 2 atom stereocenters. The molecule has 0 aromatic rings. The molecular formula is C12H21ClN2O. The van der Waals surface area contributed by atoms with Crippen molar-refractivity contribution in [3.05, 3.63) is 0 Å². The number of hydrogen-bond donors (Lipinski definition) is 1. The van der Waals surface area contributed by atoms with Crippen molar-refractivity contribution < 1.29 is 4.79 Å². The summed E-state index contributed by atoms with van der Waals surface area (Å²) in [5.74, 6) is 1.62. The molecule has 1 aliphatic carbocycles. The van der Waals surface area contributed by atoms with Crippen molar-refractivity contribution in [3.63, 3.8) is 0 Å². The number of nitrogens with zero attached hydrogens (tertiary/aromatic N) is 1. The number of carbonyl (C=O) groups is 1. The predicted octanol–water partition coefficient (Wildman–Crippen LogP) is 1.42. The minimum Gasteiger partial charge on any atom is -0.339 e. The molecule has 3 fully saturated rings. The van der Waals surface area contributed by atoms with Gasteiger partial charge in [0.2, 0.25) is 5.91 Å². The van der Waals surface area contributed by atoms with E-state index in [1.54, 1.807) is 0 Å². The van der Waals surface area contributed by atoms with Gasteiger partial charge in [-0.1, -0.05) is 0 Å². The number of fused-ring (bicyclic) bond motifs is 2. The second kappa shape index (κ2) is 4.92. The van der Waals surface area contributed by atoms with Gasteiger partial charge in [0.05, 0.1) is 0 Å². The van der Waals surface area contributed by atoms with Crippen LogP contribution in [0.3, 0.4) is 0 Å².